The first-order chi connectivity index (χ1) is 6.56. The Labute approximate surface area is 82.2 Å². The Bertz CT molecular complexity index is 369. The summed E-state index contributed by atoms with van der Waals surface area (Å²) in [5.74, 6) is -0.00241. The van der Waals surface area contributed by atoms with Gasteiger partial charge >= 0.3 is 0 Å². The number of aliphatic hydroxyl groups excluding tert-OH is 1. The van der Waals surface area contributed by atoms with Gasteiger partial charge in [0, 0.05) is 5.56 Å². The molecule has 14 heavy (non-hydrogen) atoms. The zero-order valence-corrected chi connectivity index (χ0v) is 7.81. The number of phenols is 1. The highest BCUT2D eigenvalue weighted by Crippen LogP contribution is 2.25. The molecule has 1 aromatic carbocycles. The standard InChI is InChI=1S/C10H12N2O2/c1-6(13)10(12)8-4-7(5-11)2-3-9(8)14/h2-4,6,10,13-14H,12H2,1H3/t6-,10-/m1/s1. The fourth-order valence-electron chi connectivity index (χ4n) is 1.15. The van der Waals surface area contributed by atoms with E-state index in [0.29, 0.717) is 11.1 Å². The van der Waals surface area contributed by atoms with E-state index in [2.05, 4.69) is 0 Å². The van der Waals surface area contributed by atoms with Gasteiger partial charge in [-0.05, 0) is 25.1 Å². The van der Waals surface area contributed by atoms with Crippen molar-refractivity contribution >= 4 is 0 Å². The van der Waals surface area contributed by atoms with Crippen LogP contribution in [0, 0.1) is 11.3 Å². The van der Waals surface area contributed by atoms with Gasteiger partial charge in [0.25, 0.3) is 0 Å². The smallest absolute Gasteiger partial charge is 0.120 e. The van der Waals surface area contributed by atoms with E-state index in [9.17, 15) is 10.2 Å². The molecular formula is C10H12N2O2. The van der Waals surface area contributed by atoms with Crippen molar-refractivity contribution in [2.45, 2.75) is 19.1 Å². The van der Waals surface area contributed by atoms with Gasteiger partial charge in [0.15, 0.2) is 0 Å². The van der Waals surface area contributed by atoms with Gasteiger partial charge in [-0.3, -0.25) is 0 Å². The van der Waals surface area contributed by atoms with Gasteiger partial charge in [-0.2, -0.15) is 5.26 Å². The lowest BCUT2D eigenvalue weighted by atomic mass is 10.0. The number of hydrogen-bond donors (Lipinski definition) is 3. The molecule has 1 aromatic rings. The normalized spacial score (nSPS) is 14.4. The number of nitriles is 1. The Hall–Kier alpha value is -1.57. The highest BCUT2D eigenvalue weighted by Gasteiger charge is 2.16. The maximum Gasteiger partial charge on any atom is 0.120 e. The molecule has 0 fully saturated rings. The molecule has 74 valence electrons. The minimum absolute atomic E-state index is 0.00241. The molecule has 2 atom stereocenters. The van der Waals surface area contributed by atoms with Gasteiger partial charge < -0.3 is 15.9 Å². The number of phenolic OH excluding ortho intramolecular Hbond substituents is 1. The maximum atomic E-state index is 9.45. The first-order valence-corrected chi connectivity index (χ1v) is 4.23. The zero-order chi connectivity index (χ0) is 10.7. The molecule has 0 aliphatic rings. The van der Waals surface area contributed by atoms with Gasteiger partial charge in [-0.25, -0.2) is 0 Å². The highest BCUT2D eigenvalue weighted by atomic mass is 16.3. The lowest BCUT2D eigenvalue weighted by molar-refractivity contribution is 0.163. The van der Waals surface area contributed by atoms with Gasteiger partial charge in [0.2, 0.25) is 0 Å². The van der Waals surface area contributed by atoms with E-state index in [1.165, 1.54) is 25.1 Å². The number of aromatic hydroxyl groups is 1. The van der Waals surface area contributed by atoms with Gasteiger partial charge in [-0.1, -0.05) is 0 Å². The zero-order valence-electron chi connectivity index (χ0n) is 7.81. The van der Waals surface area contributed by atoms with Crippen LogP contribution in [-0.2, 0) is 0 Å². The van der Waals surface area contributed by atoms with Crippen molar-refractivity contribution in [2.75, 3.05) is 0 Å². The third-order valence-corrected chi connectivity index (χ3v) is 2.04. The van der Waals surface area contributed by atoms with Crippen LogP contribution in [0.15, 0.2) is 18.2 Å². The van der Waals surface area contributed by atoms with Gasteiger partial charge in [0.1, 0.15) is 5.75 Å². The molecule has 1 rings (SSSR count). The Morgan fingerprint density at radius 3 is 2.64 bits per heavy atom. The molecule has 0 aliphatic carbocycles. The quantitative estimate of drug-likeness (QED) is 0.641. The van der Waals surface area contributed by atoms with Crippen LogP contribution >= 0.6 is 0 Å². The van der Waals surface area contributed by atoms with Crippen molar-refractivity contribution in [3.8, 4) is 11.8 Å². The Balaban J connectivity index is 3.13. The first-order valence-electron chi connectivity index (χ1n) is 4.23. The van der Waals surface area contributed by atoms with Crippen molar-refractivity contribution in [1.82, 2.24) is 0 Å². The number of nitrogens with two attached hydrogens (primary N) is 1. The van der Waals surface area contributed by atoms with Gasteiger partial charge in [0.05, 0.1) is 23.8 Å². The largest absolute Gasteiger partial charge is 0.508 e. The number of aliphatic hydroxyl groups is 1. The summed E-state index contributed by atoms with van der Waals surface area (Å²) in [6.45, 7) is 1.53. The number of nitrogens with zero attached hydrogens (tertiary/aromatic N) is 1. The molecule has 0 aromatic heterocycles. The third kappa shape index (κ3) is 2.02. The minimum atomic E-state index is -0.769. The molecule has 0 heterocycles. The molecule has 0 bridgehead atoms. The summed E-state index contributed by atoms with van der Waals surface area (Å²) in [4.78, 5) is 0. The van der Waals surface area contributed by atoms with Crippen molar-refractivity contribution in [3.63, 3.8) is 0 Å². The second kappa shape index (κ2) is 4.09. The summed E-state index contributed by atoms with van der Waals surface area (Å²) >= 11 is 0. The van der Waals surface area contributed by atoms with Gasteiger partial charge in [-0.15, -0.1) is 0 Å². The van der Waals surface area contributed by atoms with E-state index in [1.54, 1.807) is 0 Å². The summed E-state index contributed by atoms with van der Waals surface area (Å²) in [5, 5.41) is 27.3. The molecule has 4 heteroatoms. The predicted molar refractivity (Wildman–Crippen MR) is 51.4 cm³/mol. The molecule has 4 nitrogen and oxygen atoms in total. The molecule has 0 radical (unpaired) electrons. The van der Waals surface area contributed by atoms with Crippen LogP contribution in [-0.4, -0.2) is 16.3 Å². The average Bonchev–Trinajstić information content (AvgIpc) is 2.17. The van der Waals surface area contributed by atoms with E-state index < -0.39 is 12.1 Å². The van der Waals surface area contributed by atoms with Crippen LogP contribution in [0.25, 0.3) is 0 Å². The van der Waals surface area contributed by atoms with E-state index in [0.717, 1.165) is 0 Å². The number of benzene rings is 1. The van der Waals surface area contributed by atoms with Crippen LogP contribution in [0.2, 0.25) is 0 Å². The van der Waals surface area contributed by atoms with E-state index in [1.807, 2.05) is 6.07 Å². The molecule has 4 N–H and O–H groups in total. The monoisotopic (exact) mass is 192 g/mol. The molecule has 0 saturated heterocycles. The van der Waals surface area contributed by atoms with Crippen molar-refractivity contribution in [2.24, 2.45) is 5.73 Å². The van der Waals surface area contributed by atoms with Crippen LogP contribution in [0.5, 0.6) is 5.75 Å². The van der Waals surface area contributed by atoms with Crippen LogP contribution in [0.3, 0.4) is 0 Å². The Kier molecular flexibility index (Phi) is 3.07. The summed E-state index contributed by atoms with van der Waals surface area (Å²) in [6, 6.07) is 5.63. The third-order valence-electron chi connectivity index (χ3n) is 2.04. The van der Waals surface area contributed by atoms with Crippen molar-refractivity contribution in [1.29, 1.82) is 5.26 Å². The second-order valence-corrected chi connectivity index (χ2v) is 3.15. The second-order valence-electron chi connectivity index (χ2n) is 3.15. The van der Waals surface area contributed by atoms with Crippen LogP contribution in [0.4, 0.5) is 0 Å². The summed E-state index contributed by atoms with van der Waals surface area (Å²) < 4.78 is 0. The molecule has 0 unspecified atom stereocenters. The summed E-state index contributed by atoms with van der Waals surface area (Å²) in [5.41, 5.74) is 6.44. The number of hydrogen-bond acceptors (Lipinski definition) is 4. The number of rotatable bonds is 2. The van der Waals surface area contributed by atoms with E-state index in [4.69, 9.17) is 11.0 Å². The maximum absolute atomic E-state index is 9.45. The fraction of sp³-hybridized carbons (Fsp3) is 0.300. The van der Waals surface area contributed by atoms with Crippen molar-refractivity contribution in [3.05, 3.63) is 29.3 Å². The molecule has 0 amide bonds. The minimum Gasteiger partial charge on any atom is -0.508 e. The fourth-order valence-corrected chi connectivity index (χ4v) is 1.15. The lowest BCUT2D eigenvalue weighted by Crippen LogP contribution is -2.23. The molecule has 0 spiro atoms. The Morgan fingerprint density at radius 1 is 1.50 bits per heavy atom. The molecular weight excluding hydrogens is 180 g/mol. The molecule has 0 aliphatic heterocycles. The summed E-state index contributed by atoms with van der Waals surface area (Å²) in [7, 11) is 0. The highest BCUT2D eigenvalue weighted by molar-refractivity contribution is 5.43. The lowest BCUT2D eigenvalue weighted by Gasteiger charge is -2.16. The Morgan fingerprint density at radius 2 is 2.14 bits per heavy atom. The van der Waals surface area contributed by atoms with Crippen molar-refractivity contribution < 1.29 is 10.2 Å². The van der Waals surface area contributed by atoms with E-state index >= 15 is 0 Å². The predicted octanol–water partition coefficient (Wildman–Crippen LogP) is 0.644. The first kappa shape index (κ1) is 10.5. The average molecular weight is 192 g/mol. The van der Waals surface area contributed by atoms with E-state index in [-0.39, 0.29) is 5.75 Å². The topological polar surface area (TPSA) is 90.3 Å². The summed E-state index contributed by atoms with van der Waals surface area (Å²) in [6.07, 6.45) is -0.769. The molecule has 0 saturated carbocycles. The van der Waals surface area contributed by atoms with Crippen LogP contribution in [0.1, 0.15) is 24.1 Å². The van der Waals surface area contributed by atoms with Crippen LogP contribution < -0.4 is 5.73 Å². The SMILES string of the molecule is C[C@@H](O)[C@@H](N)c1cc(C#N)ccc1O.